The minimum absolute atomic E-state index is 0.111. The minimum Gasteiger partial charge on any atom is -0.436 e. The predicted octanol–water partition coefficient (Wildman–Crippen LogP) is 3.75. The van der Waals surface area contributed by atoms with Gasteiger partial charge in [0.2, 0.25) is 17.0 Å². The normalized spacial score (nSPS) is 17.4. The van der Waals surface area contributed by atoms with Crippen LogP contribution in [0.2, 0.25) is 0 Å². The molecular weight excluding hydrogens is 347 g/mol. The maximum atomic E-state index is 13.0. The SMILES string of the molecule is O=C(Cl)C1CC(=O)N(c2ccc3oc(-c4ccc(F)cc4)nc3c2)C1. The van der Waals surface area contributed by atoms with Gasteiger partial charge in [0.05, 0.1) is 5.92 Å². The molecule has 0 N–H and O–H groups in total. The van der Waals surface area contributed by atoms with Crippen LogP contribution in [0.3, 0.4) is 0 Å². The third-order valence-corrected chi connectivity index (χ3v) is 4.53. The number of anilines is 1. The summed E-state index contributed by atoms with van der Waals surface area (Å²) < 4.78 is 18.7. The van der Waals surface area contributed by atoms with Gasteiger partial charge in [-0.25, -0.2) is 9.37 Å². The third kappa shape index (κ3) is 2.89. The Labute approximate surface area is 147 Å². The average molecular weight is 359 g/mol. The van der Waals surface area contributed by atoms with Crippen molar-refractivity contribution in [1.29, 1.82) is 0 Å². The van der Waals surface area contributed by atoms with E-state index in [9.17, 15) is 14.0 Å². The Morgan fingerprint density at radius 2 is 2.00 bits per heavy atom. The number of benzene rings is 2. The zero-order chi connectivity index (χ0) is 17.6. The van der Waals surface area contributed by atoms with Gasteiger partial charge in [0.1, 0.15) is 11.3 Å². The number of amides is 1. The van der Waals surface area contributed by atoms with Gasteiger partial charge < -0.3 is 9.32 Å². The Morgan fingerprint density at radius 1 is 1.24 bits per heavy atom. The standard InChI is InChI=1S/C18H12ClFN2O3/c19-17(24)11-7-16(23)22(9-11)13-5-6-15-14(8-13)21-18(25-15)10-1-3-12(20)4-2-10/h1-6,8,11H,7,9H2. The third-order valence-electron chi connectivity index (χ3n) is 4.22. The van der Waals surface area contributed by atoms with E-state index in [1.165, 1.54) is 17.0 Å². The van der Waals surface area contributed by atoms with Crippen LogP contribution in [0.4, 0.5) is 10.1 Å². The Morgan fingerprint density at radius 3 is 2.68 bits per heavy atom. The number of rotatable bonds is 3. The van der Waals surface area contributed by atoms with Gasteiger partial charge in [0, 0.05) is 24.2 Å². The summed E-state index contributed by atoms with van der Waals surface area (Å²) in [6.07, 6.45) is 0.111. The summed E-state index contributed by atoms with van der Waals surface area (Å²) >= 11 is 5.51. The van der Waals surface area contributed by atoms with E-state index in [2.05, 4.69) is 4.98 Å². The number of hydrogen-bond acceptors (Lipinski definition) is 4. The van der Waals surface area contributed by atoms with Crippen LogP contribution < -0.4 is 4.90 Å². The van der Waals surface area contributed by atoms with Gasteiger partial charge in [-0.05, 0) is 54.1 Å². The smallest absolute Gasteiger partial charge is 0.227 e. The van der Waals surface area contributed by atoms with Crippen molar-refractivity contribution in [2.45, 2.75) is 6.42 Å². The first-order valence-electron chi connectivity index (χ1n) is 7.67. The molecular formula is C18H12ClFN2O3. The molecule has 0 saturated carbocycles. The van der Waals surface area contributed by atoms with Crippen LogP contribution >= 0.6 is 11.6 Å². The van der Waals surface area contributed by atoms with Crippen LogP contribution in [0.5, 0.6) is 0 Å². The first kappa shape index (κ1) is 15.8. The van der Waals surface area contributed by atoms with Crippen LogP contribution in [0.1, 0.15) is 6.42 Å². The lowest BCUT2D eigenvalue weighted by Gasteiger charge is -2.15. The number of nitrogens with zero attached hydrogens (tertiary/aromatic N) is 2. The number of oxazole rings is 1. The molecule has 0 aliphatic carbocycles. The molecule has 2 aromatic carbocycles. The predicted molar refractivity (Wildman–Crippen MR) is 90.7 cm³/mol. The highest BCUT2D eigenvalue weighted by molar-refractivity contribution is 6.64. The molecule has 0 spiro atoms. The molecule has 0 radical (unpaired) electrons. The molecule has 1 unspecified atom stereocenters. The molecule has 3 aromatic rings. The summed E-state index contributed by atoms with van der Waals surface area (Å²) in [5.41, 5.74) is 2.42. The van der Waals surface area contributed by atoms with E-state index in [-0.39, 0.29) is 24.7 Å². The van der Waals surface area contributed by atoms with Crippen LogP contribution in [0.15, 0.2) is 46.9 Å². The van der Waals surface area contributed by atoms with Crippen molar-refractivity contribution in [3.05, 3.63) is 48.3 Å². The molecule has 1 amide bonds. The van der Waals surface area contributed by atoms with Crippen LogP contribution in [0, 0.1) is 11.7 Å². The van der Waals surface area contributed by atoms with Gasteiger partial charge in [0.15, 0.2) is 5.58 Å². The highest BCUT2D eigenvalue weighted by atomic mass is 35.5. The van der Waals surface area contributed by atoms with Crippen LogP contribution in [-0.2, 0) is 9.59 Å². The number of carbonyl (C=O) groups is 2. The molecule has 1 aliphatic heterocycles. The van der Waals surface area contributed by atoms with Crippen molar-refractivity contribution in [2.75, 3.05) is 11.4 Å². The number of hydrogen-bond donors (Lipinski definition) is 0. The molecule has 25 heavy (non-hydrogen) atoms. The van der Waals surface area contributed by atoms with Crippen molar-refractivity contribution >= 4 is 39.5 Å². The van der Waals surface area contributed by atoms with Gasteiger partial charge in [-0.3, -0.25) is 9.59 Å². The monoisotopic (exact) mass is 358 g/mol. The summed E-state index contributed by atoms with van der Waals surface area (Å²) in [4.78, 5) is 29.3. The zero-order valence-electron chi connectivity index (χ0n) is 12.9. The first-order chi connectivity index (χ1) is 12.0. The van der Waals surface area contributed by atoms with Gasteiger partial charge in [-0.1, -0.05) is 0 Å². The number of fused-ring (bicyclic) bond motifs is 1. The largest absolute Gasteiger partial charge is 0.436 e. The molecule has 1 aromatic heterocycles. The Hall–Kier alpha value is -2.73. The van der Waals surface area contributed by atoms with Crippen molar-refractivity contribution < 1.29 is 18.4 Å². The lowest BCUT2D eigenvalue weighted by Crippen LogP contribution is -2.25. The van der Waals surface area contributed by atoms with Crippen molar-refractivity contribution in [1.82, 2.24) is 4.98 Å². The van der Waals surface area contributed by atoms with Crippen LogP contribution in [0.25, 0.3) is 22.6 Å². The summed E-state index contributed by atoms with van der Waals surface area (Å²) in [5.74, 6) is -0.607. The lowest BCUT2D eigenvalue weighted by molar-refractivity contribution is -0.120. The number of carbonyl (C=O) groups excluding carboxylic acids is 2. The quantitative estimate of drug-likeness (QED) is 0.669. The molecule has 4 rings (SSSR count). The lowest BCUT2D eigenvalue weighted by atomic mass is 10.1. The molecule has 1 aliphatic rings. The molecule has 1 atom stereocenters. The van der Waals surface area contributed by atoms with Crippen LogP contribution in [-0.4, -0.2) is 22.7 Å². The van der Waals surface area contributed by atoms with E-state index >= 15 is 0 Å². The molecule has 1 fully saturated rings. The van der Waals surface area contributed by atoms with Gasteiger partial charge in [-0.15, -0.1) is 0 Å². The van der Waals surface area contributed by atoms with Crippen molar-refractivity contribution in [3.8, 4) is 11.5 Å². The van der Waals surface area contributed by atoms with E-state index < -0.39 is 11.2 Å². The average Bonchev–Trinajstić information content (AvgIpc) is 3.18. The fourth-order valence-corrected chi connectivity index (χ4v) is 3.05. The van der Waals surface area contributed by atoms with E-state index in [0.717, 1.165) is 0 Å². The maximum absolute atomic E-state index is 13.0. The molecule has 2 heterocycles. The highest BCUT2D eigenvalue weighted by Crippen LogP contribution is 2.31. The Bertz CT molecular complexity index is 984. The van der Waals surface area contributed by atoms with E-state index in [0.29, 0.717) is 28.2 Å². The van der Waals surface area contributed by atoms with Crippen molar-refractivity contribution in [2.24, 2.45) is 5.92 Å². The summed E-state index contributed by atoms with van der Waals surface area (Å²) in [6.45, 7) is 0.259. The summed E-state index contributed by atoms with van der Waals surface area (Å²) in [7, 11) is 0. The second kappa shape index (κ2) is 5.97. The molecule has 5 nitrogen and oxygen atoms in total. The Kier molecular flexibility index (Phi) is 3.77. The van der Waals surface area contributed by atoms with E-state index in [4.69, 9.17) is 16.0 Å². The molecule has 1 saturated heterocycles. The second-order valence-electron chi connectivity index (χ2n) is 5.89. The molecule has 7 heteroatoms. The number of aromatic nitrogens is 1. The van der Waals surface area contributed by atoms with E-state index in [1.807, 2.05) is 0 Å². The fourth-order valence-electron chi connectivity index (χ4n) is 2.91. The zero-order valence-corrected chi connectivity index (χ0v) is 13.7. The number of halogens is 2. The van der Waals surface area contributed by atoms with Crippen molar-refractivity contribution in [3.63, 3.8) is 0 Å². The molecule has 0 bridgehead atoms. The first-order valence-corrected chi connectivity index (χ1v) is 8.05. The van der Waals surface area contributed by atoms with Gasteiger partial charge >= 0.3 is 0 Å². The summed E-state index contributed by atoms with van der Waals surface area (Å²) in [5, 5.41) is -0.503. The van der Waals surface area contributed by atoms with Gasteiger partial charge in [-0.2, -0.15) is 0 Å². The van der Waals surface area contributed by atoms with Gasteiger partial charge in [0.25, 0.3) is 0 Å². The second-order valence-corrected chi connectivity index (χ2v) is 6.26. The maximum Gasteiger partial charge on any atom is 0.227 e. The highest BCUT2D eigenvalue weighted by Gasteiger charge is 2.34. The summed E-state index contributed by atoms with van der Waals surface area (Å²) in [6, 6.07) is 11.0. The topological polar surface area (TPSA) is 63.4 Å². The Balaban J connectivity index is 1.68. The van der Waals surface area contributed by atoms with E-state index in [1.54, 1.807) is 30.3 Å². The molecule has 126 valence electrons. The minimum atomic E-state index is -0.503. The fraction of sp³-hybridized carbons (Fsp3) is 0.167.